The SMILES string of the molecule is CC(=O)c1c(C)c2cnc(Nc3ccc(N(CCO)CCO)cn3)nc2n(C2CCCC2)c1=O. The number of pyridine rings is 2. The molecule has 0 radical (unpaired) electrons. The summed E-state index contributed by atoms with van der Waals surface area (Å²) in [6.07, 6.45) is 7.13. The third-order valence-corrected chi connectivity index (χ3v) is 6.34. The van der Waals surface area contributed by atoms with Crippen LogP contribution in [-0.4, -0.2) is 61.8 Å². The molecule has 0 aliphatic heterocycles. The van der Waals surface area contributed by atoms with E-state index < -0.39 is 0 Å². The molecule has 0 aromatic carbocycles. The van der Waals surface area contributed by atoms with E-state index in [1.807, 2.05) is 11.0 Å². The molecule has 1 aliphatic carbocycles. The van der Waals surface area contributed by atoms with Crippen LogP contribution < -0.4 is 15.8 Å². The predicted octanol–water partition coefficient (Wildman–Crippen LogP) is 2.35. The van der Waals surface area contributed by atoms with Crippen molar-refractivity contribution in [1.82, 2.24) is 19.5 Å². The van der Waals surface area contributed by atoms with Crippen LogP contribution in [0.4, 0.5) is 17.5 Å². The summed E-state index contributed by atoms with van der Waals surface area (Å²) in [4.78, 5) is 40.9. The zero-order valence-electron chi connectivity index (χ0n) is 19.5. The topological polar surface area (TPSA) is 133 Å². The van der Waals surface area contributed by atoms with Crippen LogP contribution in [0, 0.1) is 6.92 Å². The van der Waals surface area contributed by atoms with Crippen molar-refractivity contribution in [2.75, 3.05) is 36.5 Å². The minimum Gasteiger partial charge on any atom is -0.395 e. The quantitative estimate of drug-likeness (QED) is 0.406. The van der Waals surface area contributed by atoms with Crippen molar-refractivity contribution in [2.24, 2.45) is 0 Å². The van der Waals surface area contributed by atoms with Gasteiger partial charge in [-0.15, -0.1) is 0 Å². The second kappa shape index (κ2) is 10.3. The van der Waals surface area contributed by atoms with Crippen LogP contribution in [0.25, 0.3) is 11.0 Å². The summed E-state index contributed by atoms with van der Waals surface area (Å²) >= 11 is 0. The first-order valence-electron chi connectivity index (χ1n) is 11.6. The van der Waals surface area contributed by atoms with Crippen molar-refractivity contribution in [3.63, 3.8) is 0 Å². The average Bonchev–Trinajstić information content (AvgIpc) is 3.34. The molecule has 3 heterocycles. The molecule has 0 spiro atoms. The molecule has 3 aromatic heterocycles. The van der Waals surface area contributed by atoms with Gasteiger partial charge in [0, 0.05) is 30.7 Å². The molecule has 10 heteroatoms. The molecule has 34 heavy (non-hydrogen) atoms. The largest absolute Gasteiger partial charge is 0.395 e. The molecule has 4 rings (SSSR count). The van der Waals surface area contributed by atoms with E-state index in [1.54, 1.807) is 30.0 Å². The molecule has 0 unspecified atom stereocenters. The number of nitrogens with one attached hydrogen (secondary N) is 1. The molecule has 0 atom stereocenters. The normalized spacial score (nSPS) is 14.0. The molecular weight excluding hydrogens is 436 g/mol. The first-order valence-corrected chi connectivity index (χ1v) is 11.6. The maximum absolute atomic E-state index is 13.3. The lowest BCUT2D eigenvalue weighted by Crippen LogP contribution is -2.30. The fourth-order valence-corrected chi connectivity index (χ4v) is 4.68. The lowest BCUT2D eigenvalue weighted by molar-refractivity contribution is 0.101. The fraction of sp³-hybridized carbons (Fsp3) is 0.458. The molecule has 1 saturated carbocycles. The smallest absolute Gasteiger partial charge is 0.263 e. The number of aromatic nitrogens is 4. The number of rotatable bonds is 9. The number of anilines is 3. The number of hydrogen-bond acceptors (Lipinski definition) is 9. The number of hydrogen-bond donors (Lipinski definition) is 3. The van der Waals surface area contributed by atoms with Crippen molar-refractivity contribution in [1.29, 1.82) is 0 Å². The highest BCUT2D eigenvalue weighted by atomic mass is 16.3. The van der Waals surface area contributed by atoms with Gasteiger partial charge in [0.2, 0.25) is 5.95 Å². The minimum atomic E-state index is -0.288. The first-order chi connectivity index (χ1) is 16.4. The average molecular weight is 467 g/mol. The van der Waals surface area contributed by atoms with E-state index in [-0.39, 0.29) is 36.2 Å². The van der Waals surface area contributed by atoms with Crippen LogP contribution >= 0.6 is 0 Å². The number of fused-ring (bicyclic) bond motifs is 1. The Morgan fingerprint density at radius 2 is 1.85 bits per heavy atom. The zero-order valence-corrected chi connectivity index (χ0v) is 19.5. The van der Waals surface area contributed by atoms with Gasteiger partial charge in [-0.25, -0.2) is 9.97 Å². The molecule has 0 amide bonds. The lowest BCUT2D eigenvalue weighted by atomic mass is 10.0. The Labute approximate surface area is 197 Å². The lowest BCUT2D eigenvalue weighted by Gasteiger charge is -2.22. The Kier molecular flexibility index (Phi) is 7.18. The molecule has 3 N–H and O–H groups in total. The van der Waals surface area contributed by atoms with Gasteiger partial charge in [0.25, 0.3) is 5.56 Å². The number of Topliss-reactive ketones (excluding diaryl/α,β-unsaturated/α-hetero) is 1. The van der Waals surface area contributed by atoms with E-state index >= 15 is 0 Å². The van der Waals surface area contributed by atoms with E-state index in [4.69, 9.17) is 0 Å². The molecule has 3 aromatic rings. The number of aliphatic hydroxyl groups excluding tert-OH is 2. The summed E-state index contributed by atoms with van der Waals surface area (Å²) in [6.45, 7) is 3.91. The monoisotopic (exact) mass is 466 g/mol. The van der Waals surface area contributed by atoms with Crippen LogP contribution in [0.5, 0.6) is 0 Å². The molecule has 0 bridgehead atoms. The van der Waals surface area contributed by atoms with E-state index in [0.29, 0.717) is 41.5 Å². The van der Waals surface area contributed by atoms with Gasteiger partial charge in [-0.3, -0.25) is 14.2 Å². The molecule has 10 nitrogen and oxygen atoms in total. The maximum Gasteiger partial charge on any atom is 0.263 e. The number of carbonyl (C=O) groups excluding carboxylic acids is 1. The Hall–Kier alpha value is -3.37. The van der Waals surface area contributed by atoms with Crippen LogP contribution in [0.3, 0.4) is 0 Å². The van der Waals surface area contributed by atoms with Gasteiger partial charge < -0.3 is 20.4 Å². The van der Waals surface area contributed by atoms with Gasteiger partial charge in [0.15, 0.2) is 5.78 Å². The molecule has 1 aliphatic rings. The highest BCUT2D eigenvalue weighted by molar-refractivity contribution is 5.99. The Balaban J connectivity index is 1.71. The van der Waals surface area contributed by atoms with Gasteiger partial charge >= 0.3 is 0 Å². The van der Waals surface area contributed by atoms with Crippen molar-refractivity contribution in [3.05, 3.63) is 46.0 Å². The summed E-state index contributed by atoms with van der Waals surface area (Å²) in [5, 5.41) is 22.2. The van der Waals surface area contributed by atoms with Crippen LogP contribution in [0.2, 0.25) is 0 Å². The highest BCUT2D eigenvalue weighted by Gasteiger charge is 2.25. The van der Waals surface area contributed by atoms with Gasteiger partial charge in [-0.2, -0.15) is 4.98 Å². The number of ketones is 1. The van der Waals surface area contributed by atoms with E-state index in [9.17, 15) is 19.8 Å². The zero-order chi connectivity index (χ0) is 24.2. The van der Waals surface area contributed by atoms with Crippen LogP contribution in [0.1, 0.15) is 54.6 Å². The van der Waals surface area contributed by atoms with E-state index in [0.717, 1.165) is 31.4 Å². The third kappa shape index (κ3) is 4.64. The Morgan fingerprint density at radius 3 is 2.44 bits per heavy atom. The standard InChI is InChI=1S/C24H30N6O4/c1-15-19-14-26-24(27-20-8-7-18(13-25-20)29(9-11-31)10-12-32)28-22(19)30(17-5-3-4-6-17)23(34)21(15)16(2)33/h7-8,13-14,17,31-32H,3-6,9-12H2,1-2H3,(H,25,26,27,28). The third-order valence-electron chi connectivity index (χ3n) is 6.34. The summed E-state index contributed by atoms with van der Waals surface area (Å²) in [5.74, 6) is 0.568. The van der Waals surface area contributed by atoms with E-state index in [1.165, 1.54) is 6.92 Å². The minimum absolute atomic E-state index is 0.0119. The number of aliphatic hydroxyl groups is 2. The summed E-state index contributed by atoms with van der Waals surface area (Å²) in [6, 6.07) is 3.61. The predicted molar refractivity (Wildman–Crippen MR) is 130 cm³/mol. The Bertz CT molecular complexity index is 1230. The van der Waals surface area contributed by atoms with Crippen LogP contribution in [-0.2, 0) is 0 Å². The second-order valence-corrected chi connectivity index (χ2v) is 8.56. The number of aryl methyl sites for hydroxylation is 1. The maximum atomic E-state index is 13.3. The van der Waals surface area contributed by atoms with Crippen LogP contribution in [0.15, 0.2) is 29.3 Å². The van der Waals surface area contributed by atoms with E-state index in [2.05, 4.69) is 20.3 Å². The van der Waals surface area contributed by atoms with Crippen molar-refractivity contribution >= 4 is 34.3 Å². The number of carbonyl (C=O) groups is 1. The first kappa shape index (κ1) is 23.8. The number of nitrogens with zero attached hydrogens (tertiary/aromatic N) is 5. The van der Waals surface area contributed by atoms with Crippen molar-refractivity contribution in [2.45, 2.75) is 45.6 Å². The van der Waals surface area contributed by atoms with Gasteiger partial charge in [-0.05, 0) is 44.4 Å². The molecular formula is C24H30N6O4. The second-order valence-electron chi connectivity index (χ2n) is 8.56. The van der Waals surface area contributed by atoms with Crippen molar-refractivity contribution in [3.8, 4) is 0 Å². The molecule has 0 saturated heterocycles. The van der Waals surface area contributed by atoms with Gasteiger partial charge in [0.05, 0.1) is 30.7 Å². The molecule has 1 fully saturated rings. The highest BCUT2D eigenvalue weighted by Crippen LogP contribution is 2.32. The van der Waals surface area contributed by atoms with Gasteiger partial charge in [-0.1, -0.05) is 12.8 Å². The van der Waals surface area contributed by atoms with Crippen molar-refractivity contribution < 1.29 is 15.0 Å². The van der Waals surface area contributed by atoms with Gasteiger partial charge in [0.1, 0.15) is 11.5 Å². The Morgan fingerprint density at radius 1 is 1.15 bits per heavy atom. The fourth-order valence-electron chi connectivity index (χ4n) is 4.68. The summed E-state index contributed by atoms with van der Waals surface area (Å²) in [5.41, 5.74) is 1.81. The summed E-state index contributed by atoms with van der Waals surface area (Å²) < 4.78 is 1.68. The molecule has 180 valence electrons. The summed E-state index contributed by atoms with van der Waals surface area (Å²) in [7, 11) is 0.